The van der Waals surface area contributed by atoms with Crippen LogP contribution in [-0.2, 0) is 0 Å². The summed E-state index contributed by atoms with van der Waals surface area (Å²) in [5.74, 6) is 0.245. The van der Waals surface area contributed by atoms with Crippen LogP contribution in [0, 0.1) is 0 Å². The van der Waals surface area contributed by atoms with Crippen LogP contribution in [-0.4, -0.2) is 6.10 Å². The maximum Gasteiger partial charge on any atom is 0.379 e. The highest BCUT2D eigenvalue weighted by Gasteiger charge is 2.08. The van der Waals surface area contributed by atoms with Crippen LogP contribution in [0.1, 0.15) is 13.8 Å². The number of hydrogen-bond donors (Lipinski definition) is 0. The monoisotopic (exact) mass is 230 g/mol. The summed E-state index contributed by atoms with van der Waals surface area (Å²) in [6.07, 6.45) is 3.60. The van der Waals surface area contributed by atoms with Gasteiger partial charge in [-0.1, -0.05) is 24.3 Å². The van der Waals surface area contributed by atoms with Gasteiger partial charge in [0.25, 0.3) is 0 Å². The lowest BCUT2D eigenvalue weighted by molar-refractivity contribution is 0.257. The number of ether oxygens (including phenoxy) is 1. The smallest absolute Gasteiger partial charge is 0.379 e. The summed E-state index contributed by atoms with van der Waals surface area (Å²) in [5.41, 5.74) is 0.128. The third kappa shape index (κ3) is 2.56. The first-order chi connectivity index (χ1) is 8.20. The Morgan fingerprint density at radius 3 is 2.88 bits per heavy atom. The van der Waals surface area contributed by atoms with Crippen LogP contribution >= 0.6 is 0 Å². The van der Waals surface area contributed by atoms with E-state index in [-0.39, 0.29) is 11.9 Å². The highest BCUT2D eigenvalue weighted by Crippen LogP contribution is 2.17. The van der Waals surface area contributed by atoms with Crippen molar-refractivity contribution in [3.63, 3.8) is 0 Å². The van der Waals surface area contributed by atoms with Crippen molar-refractivity contribution >= 4 is 11.0 Å². The van der Waals surface area contributed by atoms with Crippen molar-refractivity contribution in [1.82, 2.24) is 0 Å². The van der Waals surface area contributed by atoms with Crippen molar-refractivity contribution in [2.24, 2.45) is 0 Å². The normalized spacial score (nSPS) is 13.1. The quantitative estimate of drug-likeness (QED) is 0.600. The fraction of sp³-hybridized carbons (Fsp3) is 0.214. The largest absolute Gasteiger partial charge is 0.479 e. The fourth-order valence-corrected chi connectivity index (χ4v) is 1.64. The molecule has 0 radical (unpaired) electrons. The van der Waals surface area contributed by atoms with E-state index in [9.17, 15) is 4.79 Å². The first-order valence-corrected chi connectivity index (χ1v) is 5.53. The third-order valence-electron chi connectivity index (χ3n) is 2.39. The van der Waals surface area contributed by atoms with E-state index in [0.717, 1.165) is 5.39 Å². The molecule has 0 saturated heterocycles. The second kappa shape index (κ2) is 4.87. The van der Waals surface area contributed by atoms with Gasteiger partial charge in [0, 0.05) is 5.39 Å². The number of benzene rings is 1. The van der Waals surface area contributed by atoms with E-state index in [4.69, 9.17) is 9.15 Å². The Balaban J connectivity index is 2.41. The average molecular weight is 230 g/mol. The van der Waals surface area contributed by atoms with E-state index >= 15 is 0 Å². The molecule has 1 aromatic carbocycles. The summed E-state index contributed by atoms with van der Waals surface area (Å²) >= 11 is 0. The van der Waals surface area contributed by atoms with Gasteiger partial charge in [0.15, 0.2) is 0 Å². The first-order valence-electron chi connectivity index (χ1n) is 5.53. The van der Waals surface area contributed by atoms with E-state index in [0.29, 0.717) is 5.58 Å². The molecule has 1 heterocycles. The number of para-hydroxylation sites is 1. The molecule has 88 valence electrons. The molecule has 3 nitrogen and oxygen atoms in total. The van der Waals surface area contributed by atoms with Crippen molar-refractivity contribution in [3.8, 4) is 5.75 Å². The lowest BCUT2D eigenvalue weighted by Crippen LogP contribution is -2.14. The van der Waals surface area contributed by atoms with Gasteiger partial charge in [-0.15, -0.1) is 0 Å². The molecular formula is C14H14O3. The van der Waals surface area contributed by atoms with E-state index in [1.165, 1.54) is 0 Å². The minimum absolute atomic E-state index is 0.149. The standard InChI is InChI=1S/C14H14O3/c1-3-6-10(2)16-13-9-11-7-4-5-8-12(11)17-14(13)15/h3-10H,1-2H3/b6-3+. The van der Waals surface area contributed by atoms with Gasteiger partial charge in [-0.05, 0) is 32.1 Å². The zero-order valence-corrected chi connectivity index (χ0v) is 9.84. The van der Waals surface area contributed by atoms with Crippen molar-refractivity contribution < 1.29 is 9.15 Å². The minimum Gasteiger partial charge on any atom is -0.479 e. The van der Waals surface area contributed by atoms with Gasteiger partial charge >= 0.3 is 5.63 Å². The molecular weight excluding hydrogens is 216 g/mol. The number of allylic oxidation sites excluding steroid dienone is 1. The summed E-state index contributed by atoms with van der Waals surface area (Å²) < 4.78 is 10.7. The van der Waals surface area contributed by atoms with Gasteiger partial charge in [-0.3, -0.25) is 0 Å². The van der Waals surface area contributed by atoms with E-state index in [2.05, 4.69) is 0 Å². The van der Waals surface area contributed by atoms with Crippen molar-refractivity contribution in [2.45, 2.75) is 20.0 Å². The molecule has 0 fully saturated rings. The van der Waals surface area contributed by atoms with Gasteiger partial charge < -0.3 is 9.15 Å². The maximum absolute atomic E-state index is 11.7. The Morgan fingerprint density at radius 1 is 1.35 bits per heavy atom. The molecule has 0 aliphatic heterocycles. The highest BCUT2D eigenvalue weighted by atomic mass is 16.5. The number of rotatable bonds is 3. The molecule has 0 saturated carbocycles. The molecule has 1 aromatic heterocycles. The SMILES string of the molecule is C/C=C/C(C)Oc1cc2ccccc2oc1=O. The van der Waals surface area contributed by atoms with Crippen molar-refractivity contribution in [3.05, 3.63) is 52.9 Å². The third-order valence-corrected chi connectivity index (χ3v) is 2.39. The van der Waals surface area contributed by atoms with Crippen LogP contribution < -0.4 is 10.4 Å². The second-order valence-corrected chi connectivity index (χ2v) is 3.78. The van der Waals surface area contributed by atoms with Crippen LogP contribution in [0.5, 0.6) is 5.75 Å². The molecule has 2 aromatic rings. The minimum atomic E-state index is -0.444. The Kier molecular flexibility index (Phi) is 3.28. The van der Waals surface area contributed by atoms with Gasteiger partial charge in [-0.25, -0.2) is 4.79 Å². The molecule has 0 N–H and O–H groups in total. The van der Waals surface area contributed by atoms with E-state index < -0.39 is 5.63 Å². The zero-order chi connectivity index (χ0) is 12.3. The first kappa shape index (κ1) is 11.5. The number of fused-ring (bicyclic) bond motifs is 1. The summed E-state index contributed by atoms with van der Waals surface area (Å²) in [6.45, 7) is 3.78. The van der Waals surface area contributed by atoms with E-state index in [1.807, 2.05) is 44.2 Å². The molecule has 0 bridgehead atoms. The molecule has 0 amide bonds. The summed E-state index contributed by atoms with van der Waals surface area (Å²) in [5, 5.41) is 0.856. The van der Waals surface area contributed by atoms with Gasteiger partial charge in [0.1, 0.15) is 11.7 Å². The molecule has 2 rings (SSSR count). The number of hydrogen-bond acceptors (Lipinski definition) is 3. The van der Waals surface area contributed by atoms with Gasteiger partial charge in [0.05, 0.1) is 0 Å². The Morgan fingerprint density at radius 2 is 2.12 bits per heavy atom. The fourth-order valence-electron chi connectivity index (χ4n) is 1.64. The van der Waals surface area contributed by atoms with Crippen LogP contribution in [0.15, 0.2) is 51.7 Å². The molecule has 3 heteroatoms. The Labute approximate surface area is 99.3 Å². The van der Waals surface area contributed by atoms with Gasteiger partial charge in [-0.2, -0.15) is 0 Å². The Hall–Kier alpha value is -2.03. The van der Waals surface area contributed by atoms with E-state index in [1.54, 1.807) is 12.1 Å². The van der Waals surface area contributed by atoms with Crippen LogP contribution in [0.4, 0.5) is 0 Å². The lowest BCUT2D eigenvalue weighted by Gasteiger charge is -2.09. The molecule has 0 aliphatic rings. The molecule has 0 aliphatic carbocycles. The van der Waals surface area contributed by atoms with Gasteiger partial charge in [0.2, 0.25) is 5.75 Å². The van der Waals surface area contributed by atoms with Crippen molar-refractivity contribution in [1.29, 1.82) is 0 Å². The molecule has 1 atom stereocenters. The predicted octanol–water partition coefficient (Wildman–Crippen LogP) is 3.14. The topological polar surface area (TPSA) is 39.4 Å². The second-order valence-electron chi connectivity index (χ2n) is 3.78. The molecule has 17 heavy (non-hydrogen) atoms. The van der Waals surface area contributed by atoms with Crippen LogP contribution in [0.2, 0.25) is 0 Å². The maximum atomic E-state index is 11.7. The predicted molar refractivity (Wildman–Crippen MR) is 67.4 cm³/mol. The van der Waals surface area contributed by atoms with Crippen LogP contribution in [0.25, 0.3) is 11.0 Å². The summed E-state index contributed by atoms with van der Waals surface area (Å²) in [7, 11) is 0. The summed E-state index contributed by atoms with van der Waals surface area (Å²) in [6, 6.07) is 9.07. The zero-order valence-electron chi connectivity index (χ0n) is 9.84. The summed E-state index contributed by atoms with van der Waals surface area (Å²) in [4.78, 5) is 11.7. The average Bonchev–Trinajstić information content (AvgIpc) is 2.30. The lowest BCUT2D eigenvalue weighted by atomic mass is 10.2. The van der Waals surface area contributed by atoms with Crippen molar-refractivity contribution in [2.75, 3.05) is 0 Å². The Bertz CT molecular complexity index is 596. The molecule has 1 unspecified atom stereocenters. The molecule has 0 spiro atoms. The highest BCUT2D eigenvalue weighted by molar-refractivity contribution is 5.77. The van der Waals surface area contributed by atoms with Crippen LogP contribution in [0.3, 0.4) is 0 Å².